The van der Waals surface area contributed by atoms with Crippen LogP contribution in [0.1, 0.15) is 13.8 Å². The summed E-state index contributed by atoms with van der Waals surface area (Å²) in [7, 11) is 1.60. The minimum absolute atomic E-state index is 0.0125. The van der Waals surface area contributed by atoms with Crippen molar-refractivity contribution in [3.05, 3.63) is 28.7 Å². The number of aryl methyl sites for hydroxylation is 1. The normalized spacial score (nSPS) is 12.4. The van der Waals surface area contributed by atoms with E-state index in [1.165, 1.54) is 4.57 Å². The summed E-state index contributed by atoms with van der Waals surface area (Å²) in [4.78, 5) is 35.0. The van der Waals surface area contributed by atoms with E-state index in [1.807, 2.05) is 13.8 Å². The lowest BCUT2D eigenvalue weighted by atomic mass is 10.1. The Morgan fingerprint density at radius 2 is 2.04 bits per heavy atom. The molecule has 4 N–H and O–H groups in total. The van der Waals surface area contributed by atoms with E-state index >= 15 is 0 Å². The minimum atomic E-state index is -0.655. The van der Waals surface area contributed by atoms with Crippen molar-refractivity contribution in [2.75, 3.05) is 11.9 Å². The van der Waals surface area contributed by atoms with Gasteiger partial charge in [0, 0.05) is 18.8 Å². The molecule has 0 fully saturated rings. The number of hydrogen-bond donors (Lipinski definition) is 3. The Labute approximate surface area is 132 Å². The van der Waals surface area contributed by atoms with E-state index < -0.39 is 17.7 Å². The van der Waals surface area contributed by atoms with Crippen LogP contribution in [0.3, 0.4) is 0 Å². The van der Waals surface area contributed by atoms with Gasteiger partial charge in [-0.2, -0.15) is 0 Å². The first-order valence-corrected chi connectivity index (χ1v) is 7.22. The molecule has 0 aliphatic rings. The van der Waals surface area contributed by atoms with Crippen molar-refractivity contribution in [2.24, 2.45) is 18.7 Å². The van der Waals surface area contributed by atoms with E-state index in [0.29, 0.717) is 16.8 Å². The van der Waals surface area contributed by atoms with Gasteiger partial charge in [0.05, 0.1) is 18.1 Å². The quantitative estimate of drug-likeness (QED) is 0.725. The number of nitrogens with two attached hydrogens (primary N) is 1. The number of carbonyl (C=O) groups is 2. The van der Waals surface area contributed by atoms with Crippen LogP contribution >= 0.6 is 0 Å². The van der Waals surface area contributed by atoms with Gasteiger partial charge in [-0.1, -0.05) is 13.8 Å². The molecule has 1 heterocycles. The van der Waals surface area contributed by atoms with Crippen molar-refractivity contribution >= 4 is 28.6 Å². The van der Waals surface area contributed by atoms with Gasteiger partial charge in [-0.25, -0.2) is 4.79 Å². The van der Waals surface area contributed by atoms with Gasteiger partial charge in [-0.3, -0.25) is 14.2 Å². The third-order valence-corrected chi connectivity index (χ3v) is 3.52. The van der Waals surface area contributed by atoms with Crippen LogP contribution in [-0.2, 0) is 16.6 Å². The van der Waals surface area contributed by atoms with Crippen LogP contribution in [0.2, 0.25) is 0 Å². The van der Waals surface area contributed by atoms with E-state index in [1.54, 1.807) is 25.2 Å². The van der Waals surface area contributed by atoms with Gasteiger partial charge in [0.15, 0.2) is 5.58 Å². The lowest BCUT2D eigenvalue weighted by Gasteiger charge is -2.15. The summed E-state index contributed by atoms with van der Waals surface area (Å²) in [5, 5.41) is 5.10. The second-order valence-corrected chi connectivity index (χ2v) is 5.65. The molecule has 0 aliphatic heterocycles. The number of nitrogens with zero attached hydrogens (tertiary/aromatic N) is 1. The lowest BCUT2D eigenvalue weighted by Crippen LogP contribution is -2.46. The second kappa shape index (κ2) is 6.66. The standard InChI is InChI=1S/C15H20N4O4/c1-8(2)13(16)14(21)17-7-12(20)18-9-4-5-10-11(6-9)23-15(22)19(10)3/h4-6,8,13H,7,16H2,1-3H3,(H,17,21)(H,18,20)/t13-/m0/s1. The summed E-state index contributed by atoms with van der Waals surface area (Å²) in [5.74, 6) is -1.26. The average molecular weight is 320 g/mol. The Kier molecular flexibility index (Phi) is 4.85. The lowest BCUT2D eigenvalue weighted by molar-refractivity contribution is -0.125. The third-order valence-electron chi connectivity index (χ3n) is 3.52. The van der Waals surface area contributed by atoms with Crippen LogP contribution in [-0.4, -0.2) is 29.0 Å². The highest BCUT2D eigenvalue weighted by atomic mass is 16.4. The van der Waals surface area contributed by atoms with E-state index in [0.717, 1.165) is 0 Å². The van der Waals surface area contributed by atoms with Gasteiger partial charge in [-0.15, -0.1) is 0 Å². The first kappa shape index (κ1) is 16.8. The smallest absolute Gasteiger partial charge is 0.408 e. The third kappa shape index (κ3) is 3.78. The first-order chi connectivity index (χ1) is 10.8. The number of amides is 2. The molecule has 2 amide bonds. The number of hydrogen-bond acceptors (Lipinski definition) is 5. The molecule has 2 rings (SSSR count). The fourth-order valence-corrected chi connectivity index (χ4v) is 2.00. The Hall–Kier alpha value is -2.61. The van der Waals surface area contributed by atoms with Crippen LogP contribution in [0.25, 0.3) is 11.1 Å². The molecule has 124 valence electrons. The van der Waals surface area contributed by atoms with Crippen LogP contribution in [0.15, 0.2) is 27.4 Å². The van der Waals surface area contributed by atoms with E-state index in [4.69, 9.17) is 10.2 Å². The summed E-state index contributed by atoms with van der Waals surface area (Å²) in [5.41, 5.74) is 7.17. The molecule has 0 bridgehead atoms. The Balaban J connectivity index is 1.98. The molecule has 0 aliphatic carbocycles. The molecule has 0 saturated heterocycles. The highest BCUT2D eigenvalue weighted by molar-refractivity contribution is 5.96. The molecule has 2 aromatic rings. The van der Waals surface area contributed by atoms with Gasteiger partial charge in [0.2, 0.25) is 11.8 Å². The Bertz CT molecular complexity index is 790. The van der Waals surface area contributed by atoms with Crippen molar-refractivity contribution in [3.63, 3.8) is 0 Å². The SMILES string of the molecule is CC(C)[C@H](N)C(=O)NCC(=O)Nc1ccc2c(c1)oc(=O)n2C. The fourth-order valence-electron chi connectivity index (χ4n) is 2.00. The summed E-state index contributed by atoms with van der Waals surface area (Å²) in [6, 6.07) is 4.22. The van der Waals surface area contributed by atoms with E-state index in [-0.39, 0.29) is 18.4 Å². The number of oxazole rings is 1. The largest absolute Gasteiger partial charge is 0.419 e. The minimum Gasteiger partial charge on any atom is -0.408 e. The molecule has 0 spiro atoms. The van der Waals surface area contributed by atoms with Crippen LogP contribution < -0.4 is 22.1 Å². The van der Waals surface area contributed by atoms with Crippen molar-refractivity contribution < 1.29 is 14.0 Å². The van der Waals surface area contributed by atoms with E-state index in [9.17, 15) is 14.4 Å². The molecule has 8 nitrogen and oxygen atoms in total. The van der Waals surface area contributed by atoms with Gasteiger partial charge >= 0.3 is 5.76 Å². The second-order valence-electron chi connectivity index (χ2n) is 5.65. The number of benzene rings is 1. The maximum absolute atomic E-state index is 11.9. The zero-order valence-corrected chi connectivity index (χ0v) is 13.3. The van der Waals surface area contributed by atoms with Gasteiger partial charge in [0.1, 0.15) is 0 Å². The van der Waals surface area contributed by atoms with Crippen molar-refractivity contribution in [1.82, 2.24) is 9.88 Å². The number of nitrogens with one attached hydrogen (secondary N) is 2. The number of rotatable bonds is 5. The first-order valence-electron chi connectivity index (χ1n) is 7.22. The Morgan fingerprint density at radius 3 is 2.70 bits per heavy atom. The van der Waals surface area contributed by atoms with Crippen LogP contribution in [0, 0.1) is 5.92 Å². The zero-order valence-electron chi connectivity index (χ0n) is 13.3. The predicted molar refractivity (Wildman–Crippen MR) is 85.9 cm³/mol. The molecule has 0 radical (unpaired) electrons. The molecule has 1 aromatic carbocycles. The predicted octanol–water partition coefficient (Wildman–Crippen LogP) is 0.170. The van der Waals surface area contributed by atoms with Gasteiger partial charge in [-0.05, 0) is 18.1 Å². The molecule has 1 aromatic heterocycles. The van der Waals surface area contributed by atoms with Crippen molar-refractivity contribution in [1.29, 1.82) is 0 Å². The molecule has 0 saturated carbocycles. The van der Waals surface area contributed by atoms with Gasteiger partial charge in [0.25, 0.3) is 0 Å². The molecule has 8 heteroatoms. The number of aromatic nitrogens is 1. The topological polar surface area (TPSA) is 119 Å². The molecular weight excluding hydrogens is 300 g/mol. The fraction of sp³-hybridized carbons (Fsp3) is 0.400. The summed E-state index contributed by atoms with van der Waals surface area (Å²) in [6.07, 6.45) is 0. The summed E-state index contributed by atoms with van der Waals surface area (Å²) < 4.78 is 6.42. The molecule has 0 unspecified atom stereocenters. The highest BCUT2D eigenvalue weighted by Crippen LogP contribution is 2.17. The zero-order chi connectivity index (χ0) is 17.1. The maximum Gasteiger partial charge on any atom is 0.419 e. The monoisotopic (exact) mass is 320 g/mol. The molecule has 1 atom stereocenters. The summed E-state index contributed by atoms with van der Waals surface area (Å²) in [6.45, 7) is 3.47. The average Bonchev–Trinajstić information content (AvgIpc) is 2.78. The number of fused-ring (bicyclic) bond motifs is 1. The molecule has 23 heavy (non-hydrogen) atoms. The van der Waals surface area contributed by atoms with Crippen molar-refractivity contribution in [3.8, 4) is 0 Å². The van der Waals surface area contributed by atoms with Crippen LogP contribution in [0.4, 0.5) is 5.69 Å². The van der Waals surface area contributed by atoms with Crippen LogP contribution in [0.5, 0.6) is 0 Å². The Morgan fingerprint density at radius 1 is 1.35 bits per heavy atom. The van der Waals surface area contributed by atoms with Crippen molar-refractivity contribution in [2.45, 2.75) is 19.9 Å². The molecular formula is C15H20N4O4. The number of carbonyl (C=O) groups excluding carboxylic acids is 2. The number of anilines is 1. The maximum atomic E-state index is 11.9. The summed E-state index contributed by atoms with van der Waals surface area (Å²) >= 11 is 0. The highest BCUT2D eigenvalue weighted by Gasteiger charge is 2.17. The van der Waals surface area contributed by atoms with E-state index in [2.05, 4.69) is 10.6 Å². The van der Waals surface area contributed by atoms with Gasteiger partial charge < -0.3 is 20.8 Å².